The van der Waals surface area contributed by atoms with Crippen LogP contribution in [0.25, 0.3) is 0 Å². The summed E-state index contributed by atoms with van der Waals surface area (Å²) in [5, 5.41) is 7.82. The van der Waals surface area contributed by atoms with Gasteiger partial charge in [-0.1, -0.05) is 26.7 Å². The number of hydrogen-bond donors (Lipinski definition) is 2. The first-order chi connectivity index (χ1) is 10.9. The van der Waals surface area contributed by atoms with E-state index in [1.54, 1.807) is 0 Å². The Morgan fingerprint density at radius 3 is 2.48 bits per heavy atom. The van der Waals surface area contributed by atoms with Crippen molar-refractivity contribution >= 4 is 17.3 Å². The normalized spacial score (nSPS) is 12.7. The maximum atomic E-state index is 12.5. The van der Waals surface area contributed by atoms with Crippen molar-refractivity contribution in [2.24, 2.45) is 10.9 Å². The van der Waals surface area contributed by atoms with E-state index in [0.29, 0.717) is 29.9 Å². The van der Waals surface area contributed by atoms with Crippen LogP contribution in [0.1, 0.15) is 44.3 Å². The molecule has 23 heavy (non-hydrogen) atoms. The molecule has 1 heterocycles. The lowest BCUT2D eigenvalue weighted by molar-refractivity contribution is -0.140. The second-order valence-corrected chi connectivity index (χ2v) is 6.15. The SMILES string of the molecule is CCNC(=NCC(CC)CC)NCCc1nc(C(F)(F)F)cs1. The van der Waals surface area contributed by atoms with Crippen molar-refractivity contribution in [3.8, 4) is 0 Å². The van der Waals surface area contributed by atoms with Crippen molar-refractivity contribution in [2.45, 2.75) is 46.2 Å². The minimum atomic E-state index is -4.37. The highest BCUT2D eigenvalue weighted by atomic mass is 32.1. The molecule has 0 fully saturated rings. The van der Waals surface area contributed by atoms with Crippen LogP contribution in [-0.4, -0.2) is 30.6 Å². The summed E-state index contributed by atoms with van der Waals surface area (Å²) in [6.07, 6.45) is -1.76. The molecule has 2 N–H and O–H groups in total. The van der Waals surface area contributed by atoms with Crippen molar-refractivity contribution in [3.63, 3.8) is 0 Å². The Balaban J connectivity index is 2.49. The Kier molecular flexibility index (Phi) is 8.36. The number of halogens is 3. The van der Waals surface area contributed by atoms with Gasteiger partial charge in [0, 0.05) is 31.4 Å². The number of rotatable bonds is 8. The third kappa shape index (κ3) is 7.20. The molecule has 1 aromatic rings. The zero-order chi connectivity index (χ0) is 17.3. The van der Waals surface area contributed by atoms with Gasteiger partial charge in [-0.05, 0) is 12.8 Å². The molecular weight excluding hydrogens is 325 g/mol. The van der Waals surface area contributed by atoms with Gasteiger partial charge in [-0.15, -0.1) is 11.3 Å². The van der Waals surface area contributed by atoms with Crippen molar-refractivity contribution in [1.29, 1.82) is 0 Å². The highest BCUT2D eigenvalue weighted by Gasteiger charge is 2.33. The Hall–Kier alpha value is -1.31. The third-order valence-electron chi connectivity index (χ3n) is 3.48. The zero-order valence-electron chi connectivity index (χ0n) is 13.8. The van der Waals surface area contributed by atoms with Crippen LogP contribution >= 0.6 is 11.3 Å². The van der Waals surface area contributed by atoms with Gasteiger partial charge in [0.25, 0.3) is 0 Å². The van der Waals surface area contributed by atoms with E-state index in [0.717, 1.165) is 42.6 Å². The van der Waals surface area contributed by atoms with Gasteiger partial charge in [0.1, 0.15) is 0 Å². The number of hydrogen-bond acceptors (Lipinski definition) is 3. The quantitative estimate of drug-likeness (QED) is 0.555. The number of guanidine groups is 1. The summed E-state index contributed by atoms with van der Waals surface area (Å²) in [4.78, 5) is 8.15. The first-order valence-electron chi connectivity index (χ1n) is 7.94. The smallest absolute Gasteiger partial charge is 0.357 e. The fourth-order valence-corrected chi connectivity index (χ4v) is 2.76. The molecule has 0 atom stereocenters. The molecule has 0 radical (unpaired) electrons. The maximum Gasteiger partial charge on any atom is 0.434 e. The zero-order valence-corrected chi connectivity index (χ0v) is 14.7. The average molecular weight is 350 g/mol. The fraction of sp³-hybridized carbons (Fsp3) is 0.733. The number of aliphatic imine (C=N–C) groups is 1. The summed E-state index contributed by atoms with van der Waals surface area (Å²) in [7, 11) is 0. The van der Waals surface area contributed by atoms with Crippen LogP contribution in [0.5, 0.6) is 0 Å². The highest BCUT2D eigenvalue weighted by molar-refractivity contribution is 7.09. The molecular formula is C15H25F3N4S. The summed E-state index contributed by atoms with van der Waals surface area (Å²) < 4.78 is 37.5. The van der Waals surface area contributed by atoms with Gasteiger partial charge in [0.15, 0.2) is 11.7 Å². The molecule has 0 saturated heterocycles. The molecule has 0 aromatic carbocycles. The molecule has 0 aliphatic carbocycles. The Bertz CT molecular complexity index is 481. The van der Waals surface area contributed by atoms with Gasteiger partial charge < -0.3 is 10.6 Å². The van der Waals surface area contributed by atoms with E-state index < -0.39 is 11.9 Å². The summed E-state index contributed by atoms with van der Waals surface area (Å²) in [5.41, 5.74) is -0.813. The molecule has 132 valence electrons. The molecule has 0 bridgehead atoms. The van der Waals surface area contributed by atoms with Crippen LogP contribution in [0.2, 0.25) is 0 Å². The van der Waals surface area contributed by atoms with Crippen LogP contribution < -0.4 is 10.6 Å². The van der Waals surface area contributed by atoms with Crippen LogP contribution in [0.15, 0.2) is 10.4 Å². The molecule has 1 aromatic heterocycles. The molecule has 0 aliphatic rings. The van der Waals surface area contributed by atoms with E-state index in [4.69, 9.17) is 0 Å². The standard InChI is InChI=1S/C15H25F3N4S/c1-4-11(5-2)9-21-14(19-6-3)20-8-7-13-22-12(10-23-13)15(16,17)18/h10-11H,4-9H2,1-3H3,(H2,19,20,21). The van der Waals surface area contributed by atoms with E-state index >= 15 is 0 Å². The molecule has 8 heteroatoms. The lowest BCUT2D eigenvalue weighted by Gasteiger charge is -2.13. The summed E-state index contributed by atoms with van der Waals surface area (Å²) >= 11 is 1.04. The second kappa shape index (κ2) is 9.75. The maximum absolute atomic E-state index is 12.5. The lowest BCUT2D eigenvalue weighted by atomic mass is 10.0. The summed E-state index contributed by atoms with van der Waals surface area (Å²) in [6.45, 7) is 8.25. The third-order valence-corrected chi connectivity index (χ3v) is 4.39. The number of alkyl halides is 3. The first kappa shape index (κ1) is 19.7. The lowest BCUT2D eigenvalue weighted by Crippen LogP contribution is -2.38. The van der Waals surface area contributed by atoms with Crippen molar-refractivity contribution in [2.75, 3.05) is 19.6 Å². The van der Waals surface area contributed by atoms with Crippen molar-refractivity contribution in [3.05, 3.63) is 16.1 Å². The Labute approximate surface area is 139 Å². The van der Waals surface area contributed by atoms with E-state index in [2.05, 4.69) is 34.5 Å². The molecule has 1 rings (SSSR count). The van der Waals surface area contributed by atoms with Crippen LogP contribution in [0.3, 0.4) is 0 Å². The average Bonchev–Trinajstić information content (AvgIpc) is 2.97. The van der Waals surface area contributed by atoms with Crippen LogP contribution in [0.4, 0.5) is 13.2 Å². The van der Waals surface area contributed by atoms with Gasteiger partial charge in [-0.25, -0.2) is 4.98 Å². The van der Waals surface area contributed by atoms with E-state index in [-0.39, 0.29) is 0 Å². The highest BCUT2D eigenvalue weighted by Crippen LogP contribution is 2.29. The van der Waals surface area contributed by atoms with Crippen molar-refractivity contribution in [1.82, 2.24) is 15.6 Å². The van der Waals surface area contributed by atoms with Crippen molar-refractivity contribution < 1.29 is 13.2 Å². The summed E-state index contributed by atoms with van der Waals surface area (Å²) in [5.74, 6) is 1.26. The van der Waals surface area contributed by atoms with Gasteiger partial charge in [0.2, 0.25) is 0 Å². The van der Waals surface area contributed by atoms with Gasteiger partial charge in [-0.3, -0.25) is 4.99 Å². The molecule has 0 saturated carbocycles. The predicted octanol–water partition coefficient (Wildman–Crippen LogP) is 3.70. The van der Waals surface area contributed by atoms with Crippen LogP contribution in [-0.2, 0) is 12.6 Å². The topological polar surface area (TPSA) is 49.3 Å². The first-order valence-corrected chi connectivity index (χ1v) is 8.82. The van der Waals surface area contributed by atoms with Gasteiger partial charge in [0.05, 0.1) is 5.01 Å². The Morgan fingerprint density at radius 1 is 1.26 bits per heavy atom. The van der Waals surface area contributed by atoms with E-state index in [9.17, 15) is 13.2 Å². The number of nitrogens with zero attached hydrogens (tertiary/aromatic N) is 2. The number of nitrogens with one attached hydrogen (secondary N) is 2. The van der Waals surface area contributed by atoms with E-state index in [1.807, 2.05) is 6.92 Å². The molecule has 0 unspecified atom stereocenters. The monoisotopic (exact) mass is 350 g/mol. The molecule has 0 aliphatic heterocycles. The molecule has 0 amide bonds. The van der Waals surface area contributed by atoms with E-state index in [1.165, 1.54) is 0 Å². The summed E-state index contributed by atoms with van der Waals surface area (Å²) in [6, 6.07) is 0. The Morgan fingerprint density at radius 2 is 1.96 bits per heavy atom. The van der Waals surface area contributed by atoms with Crippen LogP contribution in [0, 0.1) is 5.92 Å². The minimum absolute atomic E-state index is 0.441. The minimum Gasteiger partial charge on any atom is -0.357 e. The second-order valence-electron chi connectivity index (χ2n) is 5.20. The number of aromatic nitrogens is 1. The largest absolute Gasteiger partial charge is 0.434 e. The fourth-order valence-electron chi connectivity index (χ4n) is 1.95. The van der Waals surface area contributed by atoms with Gasteiger partial charge in [-0.2, -0.15) is 13.2 Å². The number of thiazole rings is 1. The molecule has 4 nitrogen and oxygen atoms in total. The molecule has 0 spiro atoms. The predicted molar refractivity (Wildman–Crippen MR) is 88.9 cm³/mol. The van der Waals surface area contributed by atoms with Gasteiger partial charge >= 0.3 is 6.18 Å².